The van der Waals surface area contributed by atoms with Crippen molar-refractivity contribution in [3.05, 3.63) is 0 Å². The summed E-state index contributed by atoms with van der Waals surface area (Å²) in [5.41, 5.74) is 0. The molecule has 1 heterocycles. The van der Waals surface area contributed by atoms with Gasteiger partial charge in [-0.3, -0.25) is 9.59 Å². The number of aliphatic carboxylic acids is 1. The lowest BCUT2D eigenvalue weighted by molar-refractivity contribution is -0.141. The number of nitrogens with one attached hydrogen (secondary N) is 1. The van der Waals surface area contributed by atoms with Gasteiger partial charge in [-0.1, -0.05) is 13.8 Å². The van der Waals surface area contributed by atoms with E-state index in [-0.39, 0.29) is 17.7 Å². The van der Waals surface area contributed by atoms with Gasteiger partial charge in [-0.2, -0.15) is 0 Å². The van der Waals surface area contributed by atoms with Gasteiger partial charge in [-0.15, -0.1) is 0 Å². The minimum atomic E-state index is -0.797. The van der Waals surface area contributed by atoms with Gasteiger partial charge in [0.05, 0.1) is 5.92 Å². The zero-order chi connectivity index (χ0) is 12.1. The maximum absolute atomic E-state index is 11.9. The summed E-state index contributed by atoms with van der Waals surface area (Å²) in [4.78, 5) is 24.3. The molecule has 1 aliphatic rings. The summed E-state index contributed by atoms with van der Waals surface area (Å²) in [7, 11) is 0. The summed E-state index contributed by atoms with van der Waals surface area (Å²) < 4.78 is 0. The first-order valence-corrected chi connectivity index (χ1v) is 5.78. The van der Waals surface area contributed by atoms with Gasteiger partial charge in [0.25, 0.3) is 0 Å². The number of hydrogen-bond acceptors (Lipinski definition) is 3. The first-order valence-electron chi connectivity index (χ1n) is 5.78. The van der Waals surface area contributed by atoms with Crippen molar-refractivity contribution in [2.24, 2.45) is 11.8 Å². The van der Waals surface area contributed by atoms with Crippen LogP contribution in [0.4, 0.5) is 0 Å². The molecule has 92 valence electrons. The molecule has 0 radical (unpaired) electrons. The Balaban J connectivity index is 2.41. The minimum absolute atomic E-state index is 0.0599. The molecule has 5 heteroatoms. The number of likely N-dealkylation sites (tertiary alicyclic amines) is 1. The SMILES string of the molecule is CCNCC(C)C(=O)N1CCC(C(=O)O)C1. The zero-order valence-corrected chi connectivity index (χ0v) is 9.90. The molecule has 1 fully saturated rings. The van der Waals surface area contributed by atoms with Crippen molar-refractivity contribution < 1.29 is 14.7 Å². The molecule has 1 amide bonds. The molecule has 1 saturated heterocycles. The van der Waals surface area contributed by atoms with E-state index in [1.54, 1.807) is 4.90 Å². The van der Waals surface area contributed by atoms with Crippen molar-refractivity contribution >= 4 is 11.9 Å². The molecule has 16 heavy (non-hydrogen) atoms. The molecule has 2 atom stereocenters. The summed E-state index contributed by atoms with van der Waals surface area (Å²) in [5.74, 6) is -1.19. The van der Waals surface area contributed by atoms with E-state index in [1.165, 1.54) is 0 Å². The highest BCUT2D eigenvalue weighted by Gasteiger charge is 2.32. The van der Waals surface area contributed by atoms with E-state index in [2.05, 4.69) is 5.32 Å². The van der Waals surface area contributed by atoms with E-state index in [0.717, 1.165) is 6.54 Å². The number of carbonyl (C=O) groups is 2. The van der Waals surface area contributed by atoms with Crippen molar-refractivity contribution in [2.45, 2.75) is 20.3 Å². The maximum Gasteiger partial charge on any atom is 0.308 e. The van der Waals surface area contributed by atoms with E-state index < -0.39 is 5.97 Å². The lowest BCUT2D eigenvalue weighted by Crippen LogP contribution is -2.38. The summed E-state index contributed by atoms with van der Waals surface area (Å²) >= 11 is 0. The van der Waals surface area contributed by atoms with Gasteiger partial charge in [0.2, 0.25) is 5.91 Å². The highest BCUT2D eigenvalue weighted by atomic mass is 16.4. The highest BCUT2D eigenvalue weighted by Crippen LogP contribution is 2.18. The summed E-state index contributed by atoms with van der Waals surface area (Å²) in [5, 5.41) is 12.0. The molecular weight excluding hydrogens is 208 g/mol. The molecule has 1 rings (SSSR count). The summed E-state index contributed by atoms with van der Waals surface area (Å²) in [6.45, 7) is 6.31. The van der Waals surface area contributed by atoms with Crippen LogP contribution in [0.2, 0.25) is 0 Å². The normalized spacial score (nSPS) is 22.1. The van der Waals surface area contributed by atoms with Crippen LogP contribution < -0.4 is 5.32 Å². The molecule has 0 aromatic heterocycles. The van der Waals surface area contributed by atoms with Gasteiger partial charge in [-0.05, 0) is 13.0 Å². The van der Waals surface area contributed by atoms with Crippen LogP contribution in [0.25, 0.3) is 0 Å². The van der Waals surface area contributed by atoms with Crippen LogP contribution in [0.1, 0.15) is 20.3 Å². The molecule has 0 spiro atoms. The van der Waals surface area contributed by atoms with Crippen LogP contribution in [-0.2, 0) is 9.59 Å². The number of amides is 1. The average molecular weight is 228 g/mol. The maximum atomic E-state index is 11.9. The standard InChI is InChI=1S/C11H20N2O3/c1-3-12-6-8(2)10(14)13-5-4-9(7-13)11(15)16/h8-9,12H,3-7H2,1-2H3,(H,15,16). The van der Waals surface area contributed by atoms with Crippen molar-refractivity contribution in [2.75, 3.05) is 26.2 Å². The molecule has 0 aliphatic carbocycles. The van der Waals surface area contributed by atoms with E-state index in [1.807, 2.05) is 13.8 Å². The van der Waals surface area contributed by atoms with E-state index >= 15 is 0 Å². The molecule has 1 aliphatic heterocycles. The monoisotopic (exact) mass is 228 g/mol. The molecule has 2 N–H and O–H groups in total. The van der Waals surface area contributed by atoms with Crippen molar-refractivity contribution in [1.29, 1.82) is 0 Å². The molecular formula is C11H20N2O3. The van der Waals surface area contributed by atoms with Crippen molar-refractivity contribution in [1.82, 2.24) is 10.2 Å². The molecule has 0 saturated carbocycles. The second-order valence-electron chi connectivity index (χ2n) is 4.32. The lowest BCUT2D eigenvalue weighted by atomic mass is 10.1. The average Bonchev–Trinajstić information content (AvgIpc) is 2.74. The van der Waals surface area contributed by atoms with Crippen molar-refractivity contribution in [3.8, 4) is 0 Å². The third kappa shape index (κ3) is 3.20. The molecule has 2 unspecified atom stereocenters. The van der Waals surface area contributed by atoms with Crippen LogP contribution >= 0.6 is 0 Å². The van der Waals surface area contributed by atoms with Gasteiger partial charge in [0.15, 0.2) is 0 Å². The quantitative estimate of drug-likeness (QED) is 0.703. The Morgan fingerprint density at radius 3 is 2.75 bits per heavy atom. The van der Waals surface area contributed by atoms with Crippen LogP contribution in [0.15, 0.2) is 0 Å². The second kappa shape index (κ2) is 5.84. The van der Waals surface area contributed by atoms with Gasteiger partial charge >= 0.3 is 5.97 Å². The predicted octanol–water partition coefficient (Wildman–Crippen LogP) is 0.165. The third-order valence-electron chi connectivity index (χ3n) is 2.97. The molecule has 0 bridgehead atoms. The highest BCUT2D eigenvalue weighted by molar-refractivity contribution is 5.80. The first-order chi connectivity index (χ1) is 7.56. The minimum Gasteiger partial charge on any atom is -0.481 e. The van der Waals surface area contributed by atoms with E-state index in [9.17, 15) is 9.59 Å². The Labute approximate surface area is 95.8 Å². The van der Waals surface area contributed by atoms with E-state index in [0.29, 0.717) is 26.1 Å². The second-order valence-corrected chi connectivity index (χ2v) is 4.32. The fourth-order valence-corrected chi connectivity index (χ4v) is 1.92. The fourth-order valence-electron chi connectivity index (χ4n) is 1.92. The largest absolute Gasteiger partial charge is 0.481 e. The van der Waals surface area contributed by atoms with Crippen LogP contribution in [0.5, 0.6) is 0 Å². The Morgan fingerprint density at radius 2 is 2.25 bits per heavy atom. The topological polar surface area (TPSA) is 69.6 Å². The van der Waals surface area contributed by atoms with Gasteiger partial charge in [-0.25, -0.2) is 0 Å². The molecule has 0 aromatic carbocycles. The fraction of sp³-hybridized carbons (Fsp3) is 0.818. The molecule has 5 nitrogen and oxygen atoms in total. The smallest absolute Gasteiger partial charge is 0.308 e. The van der Waals surface area contributed by atoms with Crippen molar-refractivity contribution in [3.63, 3.8) is 0 Å². The zero-order valence-electron chi connectivity index (χ0n) is 9.90. The number of hydrogen-bond donors (Lipinski definition) is 2. The Bertz CT molecular complexity index is 268. The molecule has 0 aromatic rings. The Hall–Kier alpha value is -1.10. The van der Waals surface area contributed by atoms with Gasteiger partial charge in [0.1, 0.15) is 0 Å². The number of nitrogens with zero attached hydrogens (tertiary/aromatic N) is 1. The lowest BCUT2D eigenvalue weighted by Gasteiger charge is -2.20. The first kappa shape index (κ1) is 13.0. The van der Waals surface area contributed by atoms with E-state index in [4.69, 9.17) is 5.11 Å². The van der Waals surface area contributed by atoms with Crippen LogP contribution in [0, 0.1) is 11.8 Å². The summed E-state index contributed by atoms with van der Waals surface area (Å²) in [6, 6.07) is 0. The Kier molecular flexibility index (Phi) is 4.73. The van der Waals surface area contributed by atoms with Crippen LogP contribution in [-0.4, -0.2) is 48.1 Å². The third-order valence-corrected chi connectivity index (χ3v) is 2.97. The number of carboxylic acids is 1. The number of carbonyl (C=O) groups excluding carboxylic acids is 1. The van der Waals surface area contributed by atoms with Gasteiger partial charge in [0, 0.05) is 25.6 Å². The summed E-state index contributed by atoms with van der Waals surface area (Å²) in [6.07, 6.45) is 0.578. The van der Waals surface area contributed by atoms with Crippen LogP contribution in [0.3, 0.4) is 0 Å². The van der Waals surface area contributed by atoms with Gasteiger partial charge < -0.3 is 15.3 Å². The Morgan fingerprint density at radius 1 is 1.56 bits per heavy atom. The number of rotatable bonds is 5. The predicted molar refractivity (Wildman–Crippen MR) is 60.0 cm³/mol. The number of carboxylic acid groups (broad SMARTS) is 1.